The van der Waals surface area contributed by atoms with Gasteiger partial charge in [-0.05, 0) is 12.1 Å². The van der Waals surface area contributed by atoms with Crippen LogP contribution in [0.4, 0.5) is 0 Å². The van der Waals surface area contributed by atoms with Crippen molar-refractivity contribution in [3.63, 3.8) is 0 Å². The van der Waals surface area contributed by atoms with E-state index in [0.717, 1.165) is 24.4 Å². The molecule has 0 saturated carbocycles. The van der Waals surface area contributed by atoms with E-state index in [0.29, 0.717) is 25.3 Å². The Balaban J connectivity index is 0.00000242. The maximum absolute atomic E-state index is 11.9. The van der Waals surface area contributed by atoms with E-state index in [9.17, 15) is 4.79 Å². The van der Waals surface area contributed by atoms with Crippen molar-refractivity contribution in [2.24, 2.45) is 0 Å². The molecule has 1 aromatic rings. The van der Waals surface area contributed by atoms with Crippen LogP contribution < -0.4 is 20.1 Å². The van der Waals surface area contributed by atoms with Crippen LogP contribution in [0.1, 0.15) is 12.0 Å². The first-order valence-electron chi connectivity index (χ1n) is 7.03. The lowest BCUT2D eigenvalue weighted by atomic mass is 10.1. The summed E-state index contributed by atoms with van der Waals surface area (Å²) < 4.78 is 16.0. The fraction of sp³-hybridized carbons (Fsp3) is 0.533. The standard InChI is InChI=1S/C15H22N2O4.ClH/c1-19-12-4-3-11(14(7-12)20-2)9-17-15(18)8-13-10-16-5-6-21-13;/h3-4,7,13,16H,5-6,8-10H2,1-2H3,(H,17,18);1H. The second kappa shape index (κ2) is 9.50. The van der Waals surface area contributed by atoms with Crippen molar-refractivity contribution in [2.45, 2.75) is 19.1 Å². The first kappa shape index (κ1) is 18.5. The number of rotatable bonds is 6. The molecule has 1 aliphatic rings. The van der Waals surface area contributed by atoms with Gasteiger partial charge in [0.2, 0.25) is 5.91 Å². The molecule has 1 saturated heterocycles. The lowest BCUT2D eigenvalue weighted by molar-refractivity contribution is -0.124. The van der Waals surface area contributed by atoms with Crippen LogP contribution in [0, 0.1) is 0 Å². The zero-order chi connectivity index (χ0) is 15.1. The summed E-state index contributed by atoms with van der Waals surface area (Å²) in [5.74, 6) is 1.40. The number of hydrogen-bond donors (Lipinski definition) is 2. The quantitative estimate of drug-likeness (QED) is 0.818. The molecule has 1 amide bonds. The van der Waals surface area contributed by atoms with E-state index in [1.807, 2.05) is 12.1 Å². The Labute approximate surface area is 136 Å². The molecular formula is C15H23ClN2O4. The number of halogens is 1. The van der Waals surface area contributed by atoms with Crippen LogP contribution in [0.25, 0.3) is 0 Å². The lowest BCUT2D eigenvalue weighted by Crippen LogP contribution is -2.41. The van der Waals surface area contributed by atoms with Gasteiger partial charge in [0, 0.05) is 31.3 Å². The highest BCUT2D eigenvalue weighted by Crippen LogP contribution is 2.24. The van der Waals surface area contributed by atoms with Gasteiger partial charge in [-0.1, -0.05) is 0 Å². The van der Waals surface area contributed by atoms with Gasteiger partial charge >= 0.3 is 0 Å². The molecule has 0 aromatic heterocycles. The third kappa shape index (κ3) is 5.36. The van der Waals surface area contributed by atoms with Crippen LogP contribution in [-0.2, 0) is 16.1 Å². The molecule has 6 nitrogen and oxygen atoms in total. The van der Waals surface area contributed by atoms with Crippen molar-refractivity contribution in [3.8, 4) is 11.5 Å². The number of ether oxygens (including phenoxy) is 3. The van der Waals surface area contributed by atoms with Crippen molar-refractivity contribution < 1.29 is 19.0 Å². The number of methoxy groups -OCH3 is 2. The number of hydrogen-bond acceptors (Lipinski definition) is 5. The third-order valence-electron chi connectivity index (χ3n) is 3.39. The van der Waals surface area contributed by atoms with Crippen LogP contribution in [0.15, 0.2) is 18.2 Å². The van der Waals surface area contributed by atoms with Crippen LogP contribution in [0.3, 0.4) is 0 Å². The Kier molecular flexibility index (Phi) is 8.01. The van der Waals surface area contributed by atoms with Gasteiger partial charge in [0.25, 0.3) is 0 Å². The highest BCUT2D eigenvalue weighted by molar-refractivity contribution is 5.85. The van der Waals surface area contributed by atoms with Gasteiger partial charge in [0.05, 0.1) is 33.4 Å². The summed E-state index contributed by atoms with van der Waals surface area (Å²) in [6, 6.07) is 5.53. The Hall–Kier alpha value is -1.50. The molecule has 124 valence electrons. The summed E-state index contributed by atoms with van der Waals surface area (Å²) in [7, 11) is 3.20. The second-order valence-electron chi connectivity index (χ2n) is 4.86. The molecule has 2 N–H and O–H groups in total. The number of nitrogens with one attached hydrogen (secondary N) is 2. The SMILES string of the molecule is COc1ccc(CNC(=O)CC2CNCCO2)c(OC)c1.Cl. The molecule has 1 heterocycles. The number of morpholine rings is 1. The molecule has 0 bridgehead atoms. The van der Waals surface area contributed by atoms with Gasteiger partial charge in [0.15, 0.2) is 0 Å². The normalized spacial score (nSPS) is 17.3. The van der Waals surface area contributed by atoms with Gasteiger partial charge in [-0.15, -0.1) is 12.4 Å². The summed E-state index contributed by atoms with van der Waals surface area (Å²) in [6.45, 7) is 2.65. The fourth-order valence-corrected chi connectivity index (χ4v) is 2.22. The summed E-state index contributed by atoms with van der Waals surface area (Å²) in [4.78, 5) is 11.9. The smallest absolute Gasteiger partial charge is 0.222 e. The van der Waals surface area contributed by atoms with Crippen LogP contribution in [-0.4, -0.2) is 45.9 Å². The molecule has 2 rings (SSSR count). The summed E-state index contributed by atoms with van der Waals surface area (Å²) in [5, 5.41) is 6.10. The van der Waals surface area contributed by atoms with E-state index in [4.69, 9.17) is 14.2 Å². The van der Waals surface area contributed by atoms with Crippen LogP contribution in [0.2, 0.25) is 0 Å². The molecule has 0 aliphatic carbocycles. The average Bonchev–Trinajstić information content (AvgIpc) is 2.53. The predicted molar refractivity (Wildman–Crippen MR) is 85.9 cm³/mol. The Morgan fingerprint density at radius 3 is 2.86 bits per heavy atom. The summed E-state index contributed by atoms with van der Waals surface area (Å²) in [5.41, 5.74) is 0.911. The predicted octanol–water partition coefficient (Wildman–Crippen LogP) is 1.12. The molecular weight excluding hydrogens is 308 g/mol. The van der Waals surface area contributed by atoms with Crippen LogP contribution in [0.5, 0.6) is 11.5 Å². The van der Waals surface area contributed by atoms with Gasteiger partial charge < -0.3 is 24.8 Å². The molecule has 0 radical (unpaired) electrons. The van der Waals surface area contributed by atoms with Gasteiger partial charge in [-0.2, -0.15) is 0 Å². The Bertz CT molecular complexity index is 479. The minimum atomic E-state index is -0.0449. The zero-order valence-electron chi connectivity index (χ0n) is 12.9. The second-order valence-corrected chi connectivity index (χ2v) is 4.86. The molecule has 1 unspecified atom stereocenters. The maximum atomic E-state index is 11.9. The van der Waals surface area contributed by atoms with Crippen molar-refractivity contribution >= 4 is 18.3 Å². The fourth-order valence-electron chi connectivity index (χ4n) is 2.22. The van der Waals surface area contributed by atoms with E-state index in [1.54, 1.807) is 20.3 Å². The first-order valence-corrected chi connectivity index (χ1v) is 7.03. The summed E-state index contributed by atoms with van der Waals surface area (Å²) >= 11 is 0. The number of amides is 1. The molecule has 7 heteroatoms. The van der Waals surface area contributed by atoms with Crippen molar-refractivity contribution in [1.82, 2.24) is 10.6 Å². The monoisotopic (exact) mass is 330 g/mol. The van der Waals surface area contributed by atoms with Gasteiger partial charge in [0.1, 0.15) is 11.5 Å². The largest absolute Gasteiger partial charge is 0.497 e. The minimum absolute atomic E-state index is 0. The van der Waals surface area contributed by atoms with Gasteiger partial charge in [-0.3, -0.25) is 4.79 Å². The summed E-state index contributed by atoms with van der Waals surface area (Å²) in [6.07, 6.45) is 0.322. The van der Waals surface area contributed by atoms with E-state index >= 15 is 0 Å². The topological polar surface area (TPSA) is 68.8 Å². The zero-order valence-corrected chi connectivity index (χ0v) is 13.7. The molecule has 1 fully saturated rings. The first-order chi connectivity index (χ1) is 10.2. The number of benzene rings is 1. The molecule has 1 aliphatic heterocycles. The Morgan fingerprint density at radius 2 is 2.23 bits per heavy atom. The molecule has 22 heavy (non-hydrogen) atoms. The average molecular weight is 331 g/mol. The number of carbonyl (C=O) groups excluding carboxylic acids is 1. The lowest BCUT2D eigenvalue weighted by Gasteiger charge is -2.23. The highest BCUT2D eigenvalue weighted by atomic mass is 35.5. The van der Waals surface area contributed by atoms with E-state index in [2.05, 4.69) is 10.6 Å². The van der Waals surface area contributed by atoms with E-state index < -0.39 is 0 Å². The molecule has 0 spiro atoms. The van der Waals surface area contributed by atoms with Crippen LogP contribution >= 0.6 is 12.4 Å². The minimum Gasteiger partial charge on any atom is -0.497 e. The highest BCUT2D eigenvalue weighted by Gasteiger charge is 2.17. The van der Waals surface area contributed by atoms with Crippen molar-refractivity contribution in [1.29, 1.82) is 0 Å². The number of carbonyl (C=O) groups is 1. The third-order valence-corrected chi connectivity index (χ3v) is 3.39. The van der Waals surface area contributed by atoms with E-state index in [-0.39, 0.29) is 24.4 Å². The van der Waals surface area contributed by atoms with Gasteiger partial charge in [-0.25, -0.2) is 0 Å². The molecule has 1 aromatic carbocycles. The van der Waals surface area contributed by atoms with E-state index in [1.165, 1.54) is 0 Å². The maximum Gasteiger partial charge on any atom is 0.222 e. The van der Waals surface area contributed by atoms with Crippen molar-refractivity contribution in [3.05, 3.63) is 23.8 Å². The molecule has 1 atom stereocenters. The van der Waals surface area contributed by atoms with Crippen molar-refractivity contribution in [2.75, 3.05) is 33.9 Å². The Morgan fingerprint density at radius 1 is 1.41 bits per heavy atom.